The summed E-state index contributed by atoms with van der Waals surface area (Å²) >= 11 is 2.27. The summed E-state index contributed by atoms with van der Waals surface area (Å²) in [5.74, 6) is 4.21. The second-order valence-electron chi connectivity index (χ2n) is 6.89. The van der Waals surface area contributed by atoms with E-state index in [-0.39, 0.29) is 0 Å². The van der Waals surface area contributed by atoms with Gasteiger partial charge in [0.1, 0.15) is 0 Å². The van der Waals surface area contributed by atoms with Crippen molar-refractivity contribution in [1.29, 1.82) is 0 Å². The Labute approximate surface area is 127 Å². The SMILES string of the molecule is C[B]B(C)CC(C)C(CC)CCSC1CCC(C)C1. The van der Waals surface area contributed by atoms with E-state index in [1.54, 1.807) is 0 Å². The Morgan fingerprint density at radius 1 is 1.37 bits per heavy atom. The van der Waals surface area contributed by atoms with Gasteiger partial charge in [0.2, 0.25) is 0 Å². The van der Waals surface area contributed by atoms with E-state index in [0.29, 0.717) is 0 Å². The Morgan fingerprint density at radius 3 is 2.63 bits per heavy atom. The van der Waals surface area contributed by atoms with E-state index < -0.39 is 0 Å². The molecule has 0 N–H and O–H groups in total. The zero-order chi connectivity index (χ0) is 14.3. The first-order valence-electron chi connectivity index (χ1n) is 8.47. The molecule has 1 rings (SSSR count). The maximum Gasteiger partial charge on any atom is 0.0969 e. The van der Waals surface area contributed by atoms with Gasteiger partial charge < -0.3 is 0 Å². The van der Waals surface area contributed by atoms with Crippen LogP contribution in [0.5, 0.6) is 0 Å². The fraction of sp³-hybridized carbons (Fsp3) is 1.00. The Kier molecular flexibility index (Phi) is 8.69. The molecule has 19 heavy (non-hydrogen) atoms. The van der Waals surface area contributed by atoms with Crippen LogP contribution >= 0.6 is 11.8 Å². The van der Waals surface area contributed by atoms with Crippen molar-refractivity contribution in [2.45, 2.75) is 78.1 Å². The zero-order valence-electron chi connectivity index (χ0n) is 13.8. The van der Waals surface area contributed by atoms with Crippen molar-refractivity contribution in [1.82, 2.24) is 0 Å². The monoisotopic (exact) mass is 279 g/mol. The number of hydrogen-bond donors (Lipinski definition) is 0. The summed E-state index contributed by atoms with van der Waals surface area (Å²) in [6.07, 6.45) is 8.58. The van der Waals surface area contributed by atoms with Gasteiger partial charge in [-0.15, -0.1) is 0 Å². The summed E-state index contributed by atoms with van der Waals surface area (Å²) < 4.78 is 0. The summed E-state index contributed by atoms with van der Waals surface area (Å²) in [4.78, 5) is 0. The lowest BCUT2D eigenvalue weighted by Crippen LogP contribution is -2.23. The van der Waals surface area contributed by atoms with Crippen LogP contribution in [0.1, 0.15) is 52.9 Å². The molecule has 0 amide bonds. The van der Waals surface area contributed by atoms with E-state index in [2.05, 4.69) is 53.3 Å². The first-order chi connectivity index (χ1) is 9.06. The van der Waals surface area contributed by atoms with Gasteiger partial charge in [-0.05, 0) is 49.2 Å². The van der Waals surface area contributed by atoms with Crippen molar-refractivity contribution >= 4 is 25.5 Å². The van der Waals surface area contributed by atoms with Crippen LogP contribution in [0.2, 0.25) is 20.0 Å². The summed E-state index contributed by atoms with van der Waals surface area (Å²) in [7, 11) is 2.36. The van der Waals surface area contributed by atoms with Gasteiger partial charge in [-0.2, -0.15) is 11.8 Å². The highest BCUT2D eigenvalue weighted by Gasteiger charge is 2.23. The minimum Gasteiger partial charge on any atom is -0.159 e. The van der Waals surface area contributed by atoms with Crippen LogP contribution < -0.4 is 0 Å². The third-order valence-corrected chi connectivity index (χ3v) is 6.50. The molecule has 4 atom stereocenters. The Hall–Kier alpha value is 0.480. The topological polar surface area (TPSA) is 0 Å². The summed E-state index contributed by atoms with van der Waals surface area (Å²) in [6, 6.07) is 0. The maximum atomic E-state index is 2.47. The van der Waals surface area contributed by atoms with Gasteiger partial charge in [0.25, 0.3) is 0 Å². The minimum absolute atomic E-state index is 0.785. The third kappa shape index (κ3) is 6.65. The molecule has 0 nitrogen and oxygen atoms in total. The molecule has 0 aromatic heterocycles. The molecule has 0 heterocycles. The second kappa shape index (κ2) is 9.42. The lowest BCUT2D eigenvalue weighted by atomic mass is 9.21. The van der Waals surface area contributed by atoms with Crippen LogP contribution in [-0.2, 0) is 0 Å². The predicted octanol–water partition coefficient (Wildman–Crippen LogP) is 5.33. The number of hydrogen-bond acceptors (Lipinski definition) is 1. The molecule has 1 aliphatic carbocycles. The highest BCUT2D eigenvalue weighted by atomic mass is 32.2. The molecule has 1 fully saturated rings. The Morgan fingerprint density at radius 2 is 2.11 bits per heavy atom. The highest BCUT2D eigenvalue weighted by Crippen LogP contribution is 2.35. The van der Waals surface area contributed by atoms with E-state index >= 15 is 0 Å². The van der Waals surface area contributed by atoms with Gasteiger partial charge in [-0.3, -0.25) is 0 Å². The van der Waals surface area contributed by atoms with Gasteiger partial charge in [0, 0.05) is 5.25 Å². The van der Waals surface area contributed by atoms with Crippen LogP contribution in [0.25, 0.3) is 0 Å². The van der Waals surface area contributed by atoms with Crippen LogP contribution in [-0.4, -0.2) is 24.8 Å². The van der Waals surface area contributed by atoms with E-state index in [4.69, 9.17) is 0 Å². The van der Waals surface area contributed by atoms with Gasteiger partial charge in [0.15, 0.2) is 0 Å². The van der Waals surface area contributed by atoms with E-state index in [1.807, 2.05) is 0 Å². The van der Waals surface area contributed by atoms with Crippen molar-refractivity contribution in [3.8, 4) is 0 Å². The second-order valence-corrected chi connectivity index (χ2v) is 8.30. The lowest BCUT2D eigenvalue weighted by molar-refractivity contribution is 0.363. The first-order valence-corrected chi connectivity index (χ1v) is 9.52. The number of rotatable bonds is 9. The van der Waals surface area contributed by atoms with E-state index in [9.17, 15) is 0 Å². The third-order valence-electron chi connectivity index (χ3n) is 5.13. The standard InChI is InChI=1S/C16H33B2S/c1-6-15(14(3)12-18(5)17-4)9-10-19-16-8-7-13(2)11-16/h13-16H,6-12H2,1-5H3. The smallest absolute Gasteiger partial charge is 0.0969 e. The fourth-order valence-electron chi connectivity index (χ4n) is 3.50. The molecule has 0 aliphatic heterocycles. The molecule has 1 radical (unpaired) electrons. The Balaban J connectivity index is 2.20. The van der Waals surface area contributed by atoms with Crippen LogP contribution in [0, 0.1) is 17.8 Å². The van der Waals surface area contributed by atoms with Crippen molar-refractivity contribution in [3.63, 3.8) is 0 Å². The molecule has 0 saturated heterocycles. The minimum atomic E-state index is 0.785. The van der Waals surface area contributed by atoms with Crippen molar-refractivity contribution < 1.29 is 0 Å². The summed E-state index contributed by atoms with van der Waals surface area (Å²) in [6.45, 7) is 12.6. The molecule has 4 unspecified atom stereocenters. The van der Waals surface area contributed by atoms with E-state index in [0.717, 1.165) is 29.6 Å². The molecular weight excluding hydrogens is 246 g/mol. The fourth-order valence-corrected chi connectivity index (χ4v) is 5.04. The van der Waals surface area contributed by atoms with Crippen molar-refractivity contribution in [2.24, 2.45) is 17.8 Å². The molecule has 0 spiro atoms. The molecular formula is C16H33B2S. The van der Waals surface area contributed by atoms with Gasteiger partial charge in [-0.1, -0.05) is 47.2 Å². The molecule has 1 saturated carbocycles. The van der Waals surface area contributed by atoms with Crippen LogP contribution in [0.4, 0.5) is 0 Å². The maximum absolute atomic E-state index is 2.47. The van der Waals surface area contributed by atoms with Crippen molar-refractivity contribution in [2.75, 3.05) is 5.75 Å². The average molecular weight is 279 g/mol. The molecule has 0 aromatic rings. The molecule has 0 bridgehead atoms. The van der Waals surface area contributed by atoms with Crippen LogP contribution in [0.3, 0.4) is 0 Å². The van der Waals surface area contributed by atoms with Gasteiger partial charge in [-0.25, -0.2) is 0 Å². The summed E-state index contributed by atoms with van der Waals surface area (Å²) in [5.41, 5.74) is 0. The predicted molar refractivity (Wildman–Crippen MR) is 94.9 cm³/mol. The molecule has 3 heteroatoms. The number of thioether (sulfide) groups is 1. The van der Waals surface area contributed by atoms with Gasteiger partial charge >= 0.3 is 0 Å². The molecule has 1 aliphatic rings. The largest absolute Gasteiger partial charge is 0.159 e. The van der Waals surface area contributed by atoms with Crippen LogP contribution in [0.15, 0.2) is 0 Å². The zero-order valence-corrected chi connectivity index (χ0v) is 14.6. The average Bonchev–Trinajstić information content (AvgIpc) is 2.80. The Bertz CT molecular complexity index is 235. The summed E-state index contributed by atoms with van der Waals surface area (Å²) in [5, 5.41) is 0.978. The van der Waals surface area contributed by atoms with Crippen molar-refractivity contribution in [3.05, 3.63) is 0 Å². The molecule has 109 valence electrons. The lowest BCUT2D eigenvalue weighted by Gasteiger charge is -2.24. The first kappa shape index (κ1) is 17.5. The van der Waals surface area contributed by atoms with Gasteiger partial charge in [0.05, 0.1) is 13.8 Å². The normalized spacial score (nSPS) is 26.2. The quantitative estimate of drug-likeness (QED) is 0.514. The molecule has 0 aromatic carbocycles. The highest BCUT2D eigenvalue weighted by molar-refractivity contribution is 7.99. The van der Waals surface area contributed by atoms with E-state index in [1.165, 1.54) is 44.2 Å².